The molecule has 0 aliphatic carbocycles. The third kappa shape index (κ3) is 4.72. The summed E-state index contributed by atoms with van der Waals surface area (Å²) in [5.74, 6) is -1.24. The van der Waals surface area contributed by atoms with E-state index in [-0.39, 0.29) is 13.0 Å². The van der Waals surface area contributed by atoms with Gasteiger partial charge in [0.05, 0.1) is 19.6 Å². The van der Waals surface area contributed by atoms with Crippen LogP contribution in [0.2, 0.25) is 0 Å². The Morgan fingerprint density at radius 1 is 1.20 bits per heavy atom. The summed E-state index contributed by atoms with van der Waals surface area (Å²) in [6.07, 6.45) is 2.16. The summed E-state index contributed by atoms with van der Waals surface area (Å²) in [5.41, 5.74) is 1.42. The molecule has 1 fully saturated rings. The zero-order chi connectivity index (χ0) is 21.7. The van der Waals surface area contributed by atoms with Crippen LogP contribution in [-0.4, -0.2) is 76.4 Å². The van der Waals surface area contributed by atoms with E-state index < -0.39 is 18.0 Å². The number of ether oxygens (including phenoxy) is 1. The van der Waals surface area contributed by atoms with Gasteiger partial charge in [-0.2, -0.15) is 5.26 Å². The minimum absolute atomic E-state index is 0.0510. The average Bonchev–Trinajstić information content (AvgIpc) is 3.09. The van der Waals surface area contributed by atoms with E-state index >= 15 is 0 Å². The summed E-state index contributed by atoms with van der Waals surface area (Å²) in [6.45, 7) is 3.50. The number of aromatic nitrogens is 1. The van der Waals surface area contributed by atoms with Gasteiger partial charge in [0.2, 0.25) is 0 Å². The van der Waals surface area contributed by atoms with E-state index in [9.17, 15) is 14.7 Å². The lowest BCUT2D eigenvalue weighted by Gasteiger charge is -2.37. The second-order valence-electron chi connectivity index (χ2n) is 7.33. The number of carbonyl (C=O) groups is 2. The third-order valence-corrected chi connectivity index (χ3v) is 5.53. The van der Waals surface area contributed by atoms with E-state index in [1.165, 1.54) is 0 Å². The molecule has 1 aromatic carbocycles. The molecular weight excluding hydrogens is 388 g/mol. The van der Waals surface area contributed by atoms with E-state index in [2.05, 4.69) is 11.0 Å². The molecule has 0 amide bonds. The van der Waals surface area contributed by atoms with Crippen molar-refractivity contribution in [3.63, 3.8) is 0 Å². The van der Waals surface area contributed by atoms with Crippen LogP contribution >= 0.6 is 0 Å². The molecule has 1 aliphatic heterocycles. The van der Waals surface area contributed by atoms with Gasteiger partial charge in [0.1, 0.15) is 11.8 Å². The number of nitrogens with zero attached hydrogens (tertiary/aromatic N) is 4. The number of carboxylic acids is 2. The Morgan fingerprint density at radius 2 is 1.93 bits per heavy atom. The summed E-state index contributed by atoms with van der Waals surface area (Å²) in [6, 6.07) is 6.72. The molecule has 1 saturated heterocycles. The number of fused-ring (bicyclic) bond motifs is 1. The summed E-state index contributed by atoms with van der Waals surface area (Å²) in [5, 5.41) is 28.6. The van der Waals surface area contributed by atoms with Crippen molar-refractivity contribution in [2.75, 3.05) is 39.8 Å². The topological polar surface area (TPSA) is 119 Å². The highest BCUT2D eigenvalue weighted by Gasteiger charge is 2.32. The van der Waals surface area contributed by atoms with Gasteiger partial charge in [0.15, 0.2) is 0 Å². The van der Waals surface area contributed by atoms with Crippen LogP contribution in [0.15, 0.2) is 24.4 Å². The first-order chi connectivity index (χ1) is 14.4. The number of methoxy groups -OCH3 is 1. The number of rotatable bonds is 9. The van der Waals surface area contributed by atoms with Crippen molar-refractivity contribution in [1.29, 1.82) is 5.26 Å². The van der Waals surface area contributed by atoms with Crippen LogP contribution in [0.1, 0.15) is 24.4 Å². The number of aryl methyl sites for hydroxylation is 1. The average molecular weight is 414 g/mol. The fourth-order valence-corrected chi connectivity index (χ4v) is 3.99. The second-order valence-corrected chi connectivity index (χ2v) is 7.33. The van der Waals surface area contributed by atoms with Crippen LogP contribution in [0.3, 0.4) is 0 Å². The van der Waals surface area contributed by atoms with Crippen molar-refractivity contribution >= 4 is 22.8 Å². The maximum absolute atomic E-state index is 12.3. The van der Waals surface area contributed by atoms with Gasteiger partial charge in [-0.3, -0.25) is 19.4 Å². The highest BCUT2D eigenvalue weighted by atomic mass is 16.5. The van der Waals surface area contributed by atoms with Crippen LogP contribution < -0.4 is 4.74 Å². The highest BCUT2D eigenvalue weighted by molar-refractivity contribution is 5.90. The zero-order valence-corrected chi connectivity index (χ0v) is 17.0. The van der Waals surface area contributed by atoms with Crippen molar-refractivity contribution in [2.24, 2.45) is 0 Å². The normalized spacial score (nSPS) is 16.3. The van der Waals surface area contributed by atoms with Crippen LogP contribution in [0, 0.1) is 11.3 Å². The third-order valence-electron chi connectivity index (χ3n) is 5.53. The standard InChI is InChI=1S/C21H26N4O5/c1-30-15-3-4-18-16(13-15)17(14-25(18)8-5-19(26)27)20(21(28)29)24-11-9-23(10-12-24)7-2-6-22/h3-4,13-14,20H,2,5,7-12H2,1H3,(H,26,27)(H,28,29). The van der Waals surface area contributed by atoms with Crippen LogP contribution in [0.5, 0.6) is 5.75 Å². The molecule has 9 heteroatoms. The molecule has 2 heterocycles. The molecule has 0 bridgehead atoms. The summed E-state index contributed by atoms with van der Waals surface area (Å²) >= 11 is 0. The Morgan fingerprint density at radius 3 is 2.53 bits per heavy atom. The Bertz CT molecular complexity index is 956. The maximum atomic E-state index is 12.3. The van der Waals surface area contributed by atoms with E-state index in [4.69, 9.17) is 15.1 Å². The lowest BCUT2D eigenvalue weighted by atomic mass is 10.0. The van der Waals surface area contributed by atoms with Crippen molar-refractivity contribution in [3.05, 3.63) is 30.0 Å². The second kappa shape index (κ2) is 9.61. The number of benzene rings is 1. The molecule has 0 saturated carbocycles. The largest absolute Gasteiger partial charge is 0.497 e. The maximum Gasteiger partial charge on any atom is 0.325 e. The van der Waals surface area contributed by atoms with Crippen molar-refractivity contribution in [1.82, 2.24) is 14.4 Å². The molecule has 2 aromatic rings. The molecule has 1 atom stereocenters. The molecule has 3 rings (SSSR count). The predicted octanol–water partition coefficient (Wildman–Crippen LogP) is 1.78. The first-order valence-electron chi connectivity index (χ1n) is 9.89. The molecule has 30 heavy (non-hydrogen) atoms. The van der Waals surface area contributed by atoms with Gasteiger partial charge in [0, 0.05) is 68.4 Å². The molecule has 1 unspecified atom stereocenters. The predicted molar refractivity (Wildman–Crippen MR) is 109 cm³/mol. The first-order valence-corrected chi connectivity index (χ1v) is 9.89. The van der Waals surface area contributed by atoms with Gasteiger partial charge < -0.3 is 19.5 Å². The first kappa shape index (κ1) is 21.6. The van der Waals surface area contributed by atoms with Crippen LogP contribution in [-0.2, 0) is 16.1 Å². The molecule has 0 radical (unpaired) electrons. The fraction of sp³-hybridized carbons (Fsp3) is 0.476. The van der Waals surface area contributed by atoms with Gasteiger partial charge in [-0.05, 0) is 18.2 Å². The van der Waals surface area contributed by atoms with Crippen LogP contribution in [0.25, 0.3) is 10.9 Å². The Kier molecular flexibility index (Phi) is 6.92. The molecular formula is C21H26N4O5. The van der Waals surface area contributed by atoms with Gasteiger partial charge in [-0.15, -0.1) is 0 Å². The number of hydrogen-bond acceptors (Lipinski definition) is 6. The van der Waals surface area contributed by atoms with E-state index in [0.717, 1.165) is 10.9 Å². The monoisotopic (exact) mass is 414 g/mol. The minimum atomic E-state index is -0.944. The minimum Gasteiger partial charge on any atom is -0.497 e. The summed E-state index contributed by atoms with van der Waals surface area (Å²) < 4.78 is 7.13. The molecule has 2 N–H and O–H groups in total. The van der Waals surface area contributed by atoms with Crippen molar-refractivity contribution in [3.8, 4) is 11.8 Å². The molecule has 1 aromatic heterocycles. The van der Waals surface area contributed by atoms with E-state index in [1.807, 2.05) is 11.0 Å². The number of nitriles is 1. The summed E-state index contributed by atoms with van der Waals surface area (Å²) in [7, 11) is 1.55. The lowest BCUT2D eigenvalue weighted by molar-refractivity contribution is -0.144. The van der Waals surface area contributed by atoms with Gasteiger partial charge in [-0.1, -0.05) is 0 Å². The van der Waals surface area contributed by atoms with Crippen molar-refractivity contribution in [2.45, 2.75) is 25.4 Å². The molecule has 0 spiro atoms. The molecule has 1 aliphatic rings. The Labute approximate surface area is 174 Å². The Balaban J connectivity index is 1.94. The fourth-order valence-electron chi connectivity index (χ4n) is 3.99. The quantitative estimate of drug-likeness (QED) is 0.637. The number of aliphatic carboxylic acids is 2. The van der Waals surface area contributed by atoms with Crippen molar-refractivity contribution < 1.29 is 24.5 Å². The van der Waals surface area contributed by atoms with E-state index in [0.29, 0.717) is 50.5 Å². The van der Waals surface area contributed by atoms with Gasteiger partial charge >= 0.3 is 11.9 Å². The van der Waals surface area contributed by atoms with Gasteiger partial charge in [-0.25, -0.2) is 0 Å². The zero-order valence-electron chi connectivity index (χ0n) is 17.0. The summed E-state index contributed by atoms with van der Waals surface area (Å²) in [4.78, 5) is 27.4. The highest BCUT2D eigenvalue weighted by Crippen LogP contribution is 2.33. The molecule has 9 nitrogen and oxygen atoms in total. The molecule has 160 valence electrons. The number of piperazine rings is 1. The Hall–Kier alpha value is -3.09. The lowest BCUT2D eigenvalue weighted by Crippen LogP contribution is -2.49. The number of carboxylic acid groups (broad SMARTS) is 2. The van der Waals surface area contributed by atoms with Crippen LogP contribution in [0.4, 0.5) is 0 Å². The van der Waals surface area contributed by atoms with E-state index in [1.54, 1.807) is 30.0 Å². The van der Waals surface area contributed by atoms with Gasteiger partial charge in [0.25, 0.3) is 0 Å². The number of hydrogen-bond donors (Lipinski definition) is 2. The SMILES string of the molecule is COc1ccc2c(c1)c(C(C(=O)O)N1CCN(CCC#N)CC1)cn2CCC(=O)O. The smallest absolute Gasteiger partial charge is 0.325 e.